The highest BCUT2D eigenvalue weighted by molar-refractivity contribution is 5.86. The third-order valence-electron chi connectivity index (χ3n) is 3.98. The Morgan fingerprint density at radius 2 is 1.78 bits per heavy atom. The van der Waals surface area contributed by atoms with Gasteiger partial charge in [-0.3, -0.25) is 4.79 Å². The second-order valence-electron chi connectivity index (χ2n) is 5.37. The molecular weight excluding hydrogens is 249 g/mol. The maximum atomic E-state index is 12.6. The van der Waals surface area contributed by atoms with Crippen LogP contribution in [0.1, 0.15) is 32.1 Å². The lowest BCUT2D eigenvalue weighted by Gasteiger charge is -2.30. The van der Waals surface area contributed by atoms with Crippen molar-refractivity contribution < 1.29 is 23.1 Å². The summed E-state index contributed by atoms with van der Waals surface area (Å²) in [5.74, 6) is -0.458. The molecule has 0 aromatic heterocycles. The van der Waals surface area contributed by atoms with Gasteiger partial charge in [-0.1, -0.05) is 12.8 Å². The molecule has 2 aliphatic rings. The van der Waals surface area contributed by atoms with Crippen molar-refractivity contribution in [3.05, 3.63) is 0 Å². The third kappa shape index (κ3) is 2.09. The smallest absolute Gasteiger partial charge is 0.379 e. The van der Waals surface area contributed by atoms with E-state index in [1.165, 1.54) is 0 Å². The van der Waals surface area contributed by atoms with Gasteiger partial charge in [-0.05, 0) is 12.8 Å². The number of β-amino-alcohol motifs (C(OH)–C–C–N with tert-alkyl or cyclic N) is 1. The number of carbonyl (C=O) groups is 1. The molecule has 0 aromatic carbocycles. The van der Waals surface area contributed by atoms with Crippen molar-refractivity contribution in [2.45, 2.75) is 49.4 Å². The van der Waals surface area contributed by atoms with Crippen molar-refractivity contribution in [3.8, 4) is 0 Å². The van der Waals surface area contributed by atoms with Gasteiger partial charge in [0.05, 0.1) is 12.1 Å². The molecule has 1 atom stereocenters. The maximum Gasteiger partial charge on any atom is 0.419 e. The largest absolute Gasteiger partial charge is 0.419 e. The first-order valence-corrected chi connectivity index (χ1v) is 6.05. The molecule has 1 saturated carbocycles. The molecule has 18 heavy (non-hydrogen) atoms. The molecule has 2 rings (SSSR count). The zero-order valence-electron chi connectivity index (χ0n) is 9.96. The molecule has 0 bridgehead atoms. The lowest BCUT2D eigenvalue weighted by molar-refractivity contribution is -0.253. The third-order valence-corrected chi connectivity index (χ3v) is 3.98. The quantitative estimate of drug-likeness (QED) is 0.737. The van der Waals surface area contributed by atoms with Gasteiger partial charge in [-0.15, -0.1) is 0 Å². The topological polar surface area (TPSA) is 66.6 Å². The number of likely N-dealkylation sites (tertiary alicyclic amines) is 1. The number of halogens is 3. The van der Waals surface area contributed by atoms with E-state index in [0.717, 1.165) is 17.7 Å². The minimum Gasteiger partial charge on any atom is -0.379 e. The summed E-state index contributed by atoms with van der Waals surface area (Å²) in [6.07, 6.45) is -2.53. The summed E-state index contributed by atoms with van der Waals surface area (Å²) in [6.45, 7) is -0.790. The number of nitrogens with two attached hydrogens (primary N) is 1. The number of amides is 1. The molecule has 0 radical (unpaired) electrons. The van der Waals surface area contributed by atoms with Crippen LogP contribution in [-0.4, -0.2) is 46.3 Å². The van der Waals surface area contributed by atoms with E-state index >= 15 is 0 Å². The summed E-state index contributed by atoms with van der Waals surface area (Å²) in [5, 5.41) is 9.51. The summed E-state index contributed by atoms with van der Waals surface area (Å²) in [4.78, 5) is 13.2. The van der Waals surface area contributed by atoms with Crippen molar-refractivity contribution in [2.24, 2.45) is 5.73 Å². The van der Waals surface area contributed by atoms with E-state index in [4.69, 9.17) is 5.73 Å². The van der Waals surface area contributed by atoms with Crippen molar-refractivity contribution in [1.82, 2.24) is 4.90 Å². The van der Waals surface area contributed by atoms with Gasteiger partial charge in [0.25, 0.3) is 0 Å². The standard InChI is InChI=1S/C11H17F3N2O2/c12-11(13,14)10(18)5-6-16(7-10)8(17)9(15)3-1-2-4-9/h18H,1-7,15H2/t10-/m0/s1. The van der Waals surface area contributed by atoms with Crippen molar-refractivity contribution in [3.63, 3.8) is 0 Å². The molecule has 0 unspecified atom stereocenters. The van der Waals surface area contributed by atoms with Crippen LogP contribution >= 0.6 is 0 Å². The minimum absolute atomic E-state index is 0.0895. The van der Waals surface area contributed by atoms with Crippen LogP contribution in [0.4, 0.5) is 13.2 Å². The van der Waals surface area contributed by atoms with Crippen LogP contribution in [0.25, 0.3) is 0 Å². The molecule has 0 aromatic rings. The van der Waals surface area contributed by atoms with Gasteiger partial charge in [0.1, 0.15) is 0 Å². The lowest BCUT2D eigenvalue weighted by Crippen LogP contribution is -2.55. The Balaban J connectivity index is 2.07. The highest BCUT2D eigenvalue weighted by Gasteiger charge is 2.58. The average molecular weight is 266 g/mol. The molecule has 4 nitrogen and oxygen atoms in total. The van der Waals surface area contributed by atoms with E-state index in [1.54, 1.807) is 0 Å². The van der Waals surface area contributed by atoms with E-state index in [2.05, 4.69) is 0 Å². The normalized spacial score (nSPS) is 31.9. The van der Waals surface area contributed by atoms with E-state index in [9.17, 15) is 23.1 Å². The molecule has 1 heterocycles. The Kier molecular flexibility index (Phi) is 3.09. The number of aliphatic hydroxyl groups is 1. The molecular formula is C11H17F3N2O2. The van der Waals surface area contributed by atoms with Crippen LogP contribution in [0.15, 0.2) is 0 Å². The number of hydrogen-bond acceptors (Lipinski definition) is 3. The van der Waals surface area contributed by atoms with Gasteiger partial charge in [-0.2, -0.15) is 13.2 Å². The van der Waals surface area contributed by atoms with Gasteiger partial charge in [0.15, 0.2) is 5.60 Å². The summed E-state index contributed by atoms with van der Waals surface area (Å²) in [5.41, 5.74) is 2.11. The van der Waals surface area contributed by atoms with Gasteiger partial charge in [0.2, 0.25) is 5.91 Å². The van der Waals surface area contributed by atoms with Crippen LogP contribution in [0, 0.1) is 0 Å². The number of alkyl halides is 3. The predicted octanol–water partition coefficient (Wildman–Crippen LogP) is 0.784. The van der Waals surface area contributed by atoms with Crippen LogP contribution in [0.2, 0.25) is 0 Å². The number of carbonyl (C=O) groups excluding carboxylic acids is 1. The Bertz CT molecular complexity index is 353. The molecule has 1 saturated heterocycles. The lowest BCUT2D eigenvalue weighted by atomic mass is 9.97. The molecule has 7 heteroatoms. The summed E-state index contributed by atoms with van der Waals surface area (Å²) < 4.78 is 37.9. The van der Waals surface area contributed by atoms with E-state index in [-0.39, 0.29) is 6.54 Å². The molecule has 104 valence electrons. The van der Waals surface area contributed by atoms with Crippen molar-refractivity contribution in [2.75, 3.05) is 13.1 Å². The van der Waals surface area contributed by atoms with Crippen LogP contribution < -0.4 is 5.73 Å². The second-order valence-corrected chi connectivity index (χ2v) is 5.37. The van der Waals surface area contributed by atoms with E-state index in [1.807, 2.05) is 0 Å². The molecule has 2 fully saturated rings. The zero-order chi connectivity index (χ0) is 13.6. The molecule has 1 aliphatic heterocycles. The fraction of sp³-hybridized carbons (Fsp3) is 0.909. The Morgan fingerprint density at radius 1 is 1.22 bits per heavy atom. The Morgan fingerprint density at radius 3 is 2.22 bits per heavy atom. The predicted molar refractivity (Wildman–Crippen MR) is 57.6 cm³/mol. The maximum absolute atomic E-state index is 12.6. The number of hydrogen-bond donors (Lipinski definition) is 2. The Hall–Kier alpha value is -0.820. The van der Waals surface area contributed by atoms with E-state index < -0.39 is 36.2 Å². The molecule has 3 N–H and O–H groups in total. The van der Waals surface area contributed by atoms with E-state index in [0.29, 0.717) is 12.8 Å². The van der Waals surface area contributed by atoms with Gasteiger partial charge >= 0.3 is 6.18 Å². The monoisotopic (exact) mass is 266 g/mol. The first-order valence-electron chi connectivity index (χ1n) is 6.05. The molecule has 1 aliphatic carbocycles. The zero-order valence-corrected chi connectivity index (χ0v) is 9.96. The average Bonchev–Trinajstić information content (AvgIpc) is 2.85. The molecule has 1 amide bonds. The first-order chi connectivity index (χ1) is 8.18. The Labute approximate surface area is 103 Å². The van der Waals surface area contributed by atoms with Gasteiger partial charge in [-0.25, -0.2) is 0 Å². The second kappa shape index (κ2) is 4.09. The van der Waals surface area contributed by atoms with Crippen molar-refractivity contribution >= 4 is 5.91 Å². The van der Waals surface area contributed by atoms with Crippen LogP contribution in [-0.2, 0) is 4.79 Å². The van der Waals surface area contributed by atoms with Crippen LogP contribution in [0.3, 0.4) is 0 Å². The summed E-state index contributed by atoms with van der Waals surface area (Å²) >= 11 is 0. The van der Waals surface area contributed by atoms with Crippen molar-refractivity contribution in [1.29, 1.82) is 0 Å². The van der Waals surface area contributed by atoms with Gasteiger partial charge < -0.3 is 15.7 Å². The summed E-state index contributed by atoms with van der Waals surface area (Å²) in [7, 11) is 0. The molecule has 0 spiro atoms. The number of rotatable bonds is 1. The highest BCUT2D eigenvalue weighted by Crippen LogP contribution is 2.39. The fourth-order valence-electron chi connectivity index (χ4n) is 2.73. The SMILES string of the molecule is NC1(C(=O)N2CC[C@@](O)(C(F)(F)F)C2)CCCC1. The van der Waals surface area contributed by atoms with Crippen LogP contribution in [0.5, 0.6) is 0 Å². The first kappa shape index (κ1) is 13.6. The fourth-order valence-corrected chi connectivity index (χ4v) is 2.73. The summed E-state index contributed by atoms with van der Waals surface area (Å²) in [6, 6.07) is 0. The highest BCUT2D eigenvalue weighted by atomic mass is 19.4. The minimum atomic E-state index is -4.71. The number of nitrogens with zero attached hydrogens (tertiary/aromatic N) is 1. The van der Waals surface area contributed by atoms with Gasteiger partial charge in [0, 0.05) is 13.0 Å².